The number of hydrogen-bond acceptors (Lipinski definition) is 5. The molecule has 2 aliphatic heterocycles. The van der Waals surface area contributed by atoms with Crippen LogP contribution in [0.2, 0.25) is 5.02 Å². The average Bonchev–Trinajstić information content (AvgIpc) is 3.38. The molecule has 6 nitrogen and oxygen atoms in total. The summed E-state index contributed by atoms with van der Waals surface area (Å²) in [5.74, 6) is -0.104. The van der Waals surface area contributed by atoms with Gasteiger partial charge in [0.1, 0.15) is 0 Å². The number of nitrogens with zero attached hydrogens (tertiary/aromatic N) is 4. The number of aromatic nitrogens is 2. The van der Waals surface area contributed by atoms with Gasteiger partial charge < -0.3 is 4.90 Å². The molecule has 0 unspecified atom stereocenters. The maximum absolute atomic E-state index is 13.5. The van der Waals surface area contributed by atoms with Crippen molar-refractivity contribution in [1.82, 2.24) is 19.6 Å². The normalized spacial score (nSPS) is 22.2. The second-order valence-electron chi connectivity index (χ2n) is 10.4. The first-order valence-electron chi connectivity index (χ1n) is 12.7. The molecule has 2 aromatic carbocycles. The maximum Gasteiger partial charge on any atom is 0.416 e. The molecule has 0 aliphatic carbocycles. The summed E-state index contributed by atoms with van der Waals surface area (Å²) in [6.07, 6.45) is -0.523. The van der Waals surface area contributed by atoms with Gasteiger partial charge in [0, 0.05) is 35.6 Å². The van der Waals surface area contributed by atoms with Gasteiger partial charge >= 0.3 is 6.18 Å². The minimum atomic E-state index is -4.54. The van der Waals surface area contributed by atoms with Crippen molar-refractivity contribution in [1.29, 1.82) is 0 Å². The quantitative estimate of drug-likeness (QED) is 0.309. The first kappa shape index (κ1) is 27.7. The van der Waals surface area contributed by atoms with E-state index >= 15 is 0 Å². The first-order valence-corrected chi connectivity index (χ1v) is 13.9. The van der Waals surface area contributed by atoms with E-state index in [0.717, 1.165) is 37.3 Å². The SMILES string of the molecule is CC(C)N1CC[C@@H](N2C(=O)S/C(=C\c3ccc4c(cnn4Cc4ccc(Cl)cc4C(F)(F)F)c3)C2=O)[C@H](C)C1. The van der Waals surface area contributed by atoms with Crippen LogP contribution in [0.4, 0.5) is 18.0 Å². The molecule has 2 aliphatic rings. The van der Waals surface area contributed by atoms with E-state index < -0.39 is 11.7 Å². The van der Waals surface area contributed by atoms with E-state index in [1.165, 1.54) is 21.7 Å². The number of amides is 2. The lowest BCUT2D eigenvalue weighted by Crippen LogP contribution is -2.52. The van der Waals surface area contributed by atoms with Crippen LogP contribution >= 0.6 is 23.4 Å². The number of carbonyl (C=O) groups excluding carboxylic acids is 2. The van der Waals surface area contributed by atoms with E-state index in [0.29, 0.717) is 27.4 Å². The number of thioether (sulfide) groups is 1. The number of imide groups is 1. The van der Waals surface area contributed by atoms with Crippen molar-refractivity contribution in [3.8, 4) is 0 Å². The largest absolute Gasteiger partial charge is 0.416 e. The van der Waals surface area contributed by atoms with Gasteiger partial charge in [-0.15, -0.1) is 0 Å². The summed E-state index contributed by atoms with van der Waals surface area (Å²) >= 11 is 6.75. The van der Waals surface area contributed by atoms with Crippen LogP contribution in [0, 0.1) is 5.92 Å². The predicted molar refractivity (Wildman–Crippen MR) is 147 cm³/mol. The predicted octanol–water partition coefficient (Wildman–Crippen LogP) is 6.91. The van der Waals surface area contributed by atoms with Gasteiger partial charge in [0.2, 0.25) is 0 Å². The highest BCUT2D eigenvalue weighted by Crippen LogP contribution is 2.38. The lowest BCUT2D eigenvalue weighted by molar-refractivity contribution is -0.138. The van der Waals surface area contributed by atoms with Gasteiger partial charge in [-0.25, -0.2) is 0 Å². The Morgan fingerprint density at radius 2 is 1.95 bits per heavy atom. The zero-order valence-electron chi connectivity index (χ0n) is 21.7. The highest BCUT2D eigenvalue weighted by Gasteiger charge is 2.43. The molecule has 3 aromatic rings. The molecule has 2 fully saturated rings. The molecule has 0 bridgehead atoms. The van der Waals surface area contributed by atoms with Crippen molar-refractivity contribution in [2.45, 2.75) is 52.0 Å². The van der Waals surface area contributed by atoms with Crippen molar-refractivity contribution in [3.63, 3.8) is 0 Å². The maximum atomic E-state index is 13.5. The molecule has 2 saturated heterocycles. The van der Waals surface area contributed by atoms with E-state index in [1.54, 1.807) is 24.4 Å². The molecule has 2 amide bonds. The number of hydrogen-bond donors (Lipinski definition) is 0. The number of piperidine rings is 1. The molecule has 0 N–H and O–H groups in total. The third-order valence-corrected chi connectivity index (χ3v) is 8.56. The Kier molecular flexibility index (Phi) is 7.56. The Morgan fingerprint density at radius 1 is 1.18 bits per heavy atom. The highest BCUT2D eigenvalue weighted by atomic mass is 35.5. The fourth-order valence-electron chi connectivity index (χ4n) is 5.37. The van der Waals surface area contributed by atoms with Crippen LogP contribution in [-0.4, -0.2) is 55.9 Å². The lowest BCUT2D eigenvalue weighted by atomic mass is 9.91. The Labute approximate surface area is 233 Å². The molecular formula is C28H28ClF3N4O2S. The molecule has 11 heteroatoms. The van der Waals surface area contributed by atoms with Crippen LogP contribution in [-0.2, 0) is 17.5 Å². The van der Waals surface area contributed by atoms with Crippen molar-refractivity contribution in [2.75, 3.05) is 13.1 Å². The summed E-state index contributed by atoms with van der Waals surface area (Å²) in [6, 6.07) is 9.32. The molecule has 5 rings (SSSR count). The summed E-state index contributed by atoms with van der Waals surface area (Å²) < 4.78 is 42.1. The van der Waals surface area contributed by atoms with Gasteiger partial charge in [-0.05, 0) is 79.4 Å². The summed E-state index contributed by atoms with van der Waals surface area (Å²) in [5.41, 5.74) is 0.616. The Balaban J connectivity index is 1.36. The molecule has 0 saturated carbocycles. The van der Waals surface area contributed by atoms with Gasteiger partial charge in [0.05, 0.1) is 28.7 Å². The average molecular weight is 577 g/mol. The summed E-state index contributed by atoms with van der Waals surface area (Å²) in [4.78, 5) is 30.3. The zero-order valence-corrected chi connectivity index (χ0v) is 23.3. The number of rotatable bonds is 5. The summed E-state index contributed by atoms with van der Waals surface area (Å²) in [6.45, 7) is 7.97. The molecule has 0 spiro atoms. The van der Waals surface area contributed by atoms with Gasteiger partial charge in [0.15, 0.2) is 0 Å². The van der Waals surface area contributed by atoms with Crippen molar-refractivity contribution < 1.29 is 22.8 Å². The van der Waals surface area contributed by atoms with Gasteiger partial charge in [-0.2, -0.15) is 18.3 Å². The Bertz CT molecular complexity index is 1470. The molecule has 3 heterocycles. The topological polar surface area (TPSA) is 58.4 Å². The third kappa shape index (κ3) is 5.60. The Morgan fingerprint density at radius 3 is 2.64 bits per heavy atom. The van der Waals surface area contributed by atoms with Gasteiger partial charge in [-0.1, -0.05) is 30.7 Å². The minimum Gasteiger partial charge on any atom is -0.301 e. The lowest BCUT2D eigenvalue weighted by Gasteiger charge is -2.41. The highest BCUT2D eigenvalue weighted by molar-refractivity contribution is 8.18. The number of alkyl halides is 3. The second-order valence-corrected chi connectivity index (χ2v) is 11.8. The number of likely N-dealkylation sites (tertiary alicyclic amines) is 1. The molecule has 1 aromatic heterocycles. The fraction of sp³-hybridized carbons (Fsp3) is 0.393. The Hall–Kier alpha value is -2.82. The summed E-state index contributed by atoms with van der Waals surface area (Å²) in [5, 5.41) is 4.77. The molecular weight excluding hydrogens is 549 g/mol. The molecule has 2 atom stereocenters. The van der Waals surface area contributed by atoms with E-state index in [4.69, 9.17) is 11.6 Å². The molecule has 39 heavy (non-hydrogen) atoms. The number of benzene rings is 2. The minimum absolute atomic E-state index is 0.0147. The van der Waals surface area contributed by atoms with Crippen molar-refractivity contribution >= 4 is 51.5 Å². The van der Waals surface area contributed by atoms with Gasteiger partial charge in [-0.3, -0.25) is 19.2 Å². The monoisotopic (exact) mass is 576 g/mol. The van der Waals surface area contributed by atoms with E-state index in [9.17, 15) is 22.8 Å². The van der Waals surface area contributed by atoms with E-state index in [1.807, 2.05) is 6.07 Å². The summed E-state index contributed by atoms with van der Waals surface area (Å²) in [7, 11) is 0. The van der Waals surface area contributed by atoms with E-state index in [2.05, 4.69) is 30.8 Å². The fourth-order valence-corrected chi connectivity index (χ4v) is 6.43. The van der Waals surface area contributed by atoms with Crippen molar-refractivity contribution in [2.24, 2.45) is 5.92 Å². The van der Waals surface area contributed by atoms with Crippen LogP contribution in [0.5, 0.6) is 0 Å². The van der Waals surface area contributed by atoms with Crippen molar-refractivity contribution in [3.05, 3.63) is 69.2 Å². The van der Waals surface area contributed by atoms with Crippen LogP contribution < -0.4 is 0 Å². The number of carbonyl (C=O) groups is 2. The van der Waals surface area contributed by atoms with Crippen LogP contribution in [0.25, 0.3) is 17.0 Å². The molecule has 206 valence electrons. The standard InChI is InChI=1S/C28H28ClF3N4O2S/c1-16(2)34-9-8-23(17(3)14-34)36-26(37)25(39-27(36)38)11-18-4-7-24-20(10-18)13-33-35(24)15-19-5-6-21(29)12-22(19)28(30,31)32/h4-7,10-13,16-17,23H,8-9,14-15H2,1-3H3/b25-11-/t17-,23-/m1/s1. The number of fused-ring (bicyclic) bond motifs is 1. The van der Waals surface area contributed by atoms with E-state index in [-0.39, 0.29) is 40.2 Å². The smallest absolute Gasteiger partial charge is 0.301 e. The third-order valence-electron chi connectivity index (χ3n) is 7.44. The van der Waals surface area contributed by atoms with Gasteiger partial charge in [0.25, 0.3) is 11.1 Å². The van der Waals surface area contributed by atoms with Crippen LogP contribution in [0.1, 0.15) is 43.9 Å². The molecule has 0 radical (unpaired) electrons. The zero-order chi connectivity index (χ0) is 28.1. The van der Waals surface area contributed by atoms with Crippen LogP contribution in [0.3, 0.4) is 0 Å². The first-order chi connectivity index (χ1) is 18.4. The van der Waals surface area contributed by atoms with Crippen LogP contribution in [0.15, 0.2) is 47.5 Å². The number of halogens is 4. The second kappa shape index (κ2) is 10.6.